The molecule has 3 nitrogen and oxygen atoms in total. The minimum Gasteiger partial charge on any atom is -0.399 e. The van der Waals surface area contributed by atoms with Gasteiger partial charge in [0.05, 0.1) is 12.7 Å². The van der Waals surface area contributed by atoms with Crippen molar-refractivity contribution in [2.75, 3.05) is 24.9 Å². The highest BCUT2D eigenvalue weighted by Gasteiger charge is 2.14. The van der Waals surface area contributed by atoms with E-state index in [1.807, 2.05) is 18.2 Å². The van der Waals surface area contributed by atoms with Gasteiger partial charge in [-0.15, -0.1) is 11.8 Å². The molecule has 2 rings (SSSR count). The van der Waals surface area contributed by atoms with Gasteiger partial charge in [0.1, 0.15) is 6.79 Å². The molecule has 0 saturated carbocycles. The zero-order valence-electron chi connectivity index (χ0n) is 8.52. The third-order valence-corrected chi connectivity index (χ3v) is 3.39. The number of rotatable bonds is 3. The first kappa shape index (κ1) is 10.8. The van der Waals surface area contributed by atoms with Crippen LogP contribution < -0.4 is 5.73 Å². The molecular weight excluding hydrogens is 210 g/mol. The van der Waals surface area contributed by atoms with Gasteiger partial charge in [-0.1, -0.05) is 6.07 Å². The van der Waals surface area contributed by atoms with E-state index in [2.05, 4.69) is 6.07 Å². The van der Waals surface area contributed by atoms with E-state index in [4.69, 9.17) is 15.2 Å². The van der Waals surface area contributed by atoms with E-state index in [9.17, 15) is 0 Å². The number of thioether (sulfide) groups is 1. The maximum absolute atomic E-state index is 5.70. The van der Waals surface area contributed by atoms with Gasteiger partial charge in [-0.2, -0.15) is 0 Å². The summed E-state index contributed by atoms with van der Waals surface area (Å²) in [6, 6.07) is 7.93. The van der Waals surface area contributed by atoms with Crippen LogP contribution in [0.15, 0.2) is 29.2 Å². The highest BCUT2D eigenvalue weighted by molar-refractivity contribution is 7.99. The highest BCUT2D eigenvalue weighted by atomic mass is 32.2. The van der Waals surface area contributed by atoms with Crippen molar-refractivity contribution in [3.05, 3.63) is 24.3 Å². The standard InChI is InChI=1S/C11H15NO2S/c12-9-2-1-3-11(6-9)15-7-10-4-5-13-8-14-10/h1-3,6,10H,4-5,7-8,12H2. The normalized spacial score (nSPS) is 21.5. The Labute approximate surface area is 93.9 Å². The number of benzene rings is 1. The van der Waals surface area contributed by atoms with Crippen LogP contribution in [0.1, 0.15) is 6.42 Å². The van der Waals surface area contributed by atoms with Gasteiger partial charge in [0.25, 0.3) is 0 Å². The van der Waals surface area contributed by atoms with Crippen molar-refractivity contribution in [2.24, 2.45) is 0 Å². The molecule has 1 aliphatic rings. The first-order valence-corrected chi connectivity index (χ1v) is 6.01. The van der Waals surface area contributed by atoms with Crippen LogP contribution in [-0.2, 0) is 9.47 Å². The molecule has 15 heavy (non-hydrogen) atoms. The summed E-state index contributed by atoms with van der Waals surface area (Å²) in [6.45, 7) is 1.24. The van der Waals surface area contributed by atoms with E-state index >= 15 is 0 Å². The van der Waals surface area contributed by atoms with Crippen LogP contribution in [0.25, 0.3) is 0 Å². The largest absolute Gasteiger partial charge is 0.399 e. The number of nitrogens with two attached hydrogens (primary N) is 1. The maximum Gasteiger partial charge on any atom is 0.147 e. The summed E-state index contributed by atoms with van der Waals surface area (Å²) < 4.78 is 10.6. The molecule has 1 aromatic rings. The molecule has 0 radical (unpaired) electrons. The number of hydrogen-bond donors (Lipinski definition) is 1. The van der Waals surface area contributed by atoms with Crippen molar-refractivity contribution in [3.8, 4) is 0 Å². The van der Waals surface area contributed by atoms with Crippen LogP contribution in [0.4, 0.5) is 5.69 Å². The van der Waals surface area contributed by atoms with E-state index < -0.39 is 0 Å². The average molecular weight is 225 g/mol. The van der Waals surface area contributed by atoms with Gasteiger partial charge >= 0.3 is 0 Å². The molecular formula is C11H15NO2S. The predicted octanol–water partition coefficient (Wildman–Crippen LogP) is 2.12. The first-order valence-electron chi connectivity index (χ1n) is 5.02. The van der Waals surface area contributed by atoms with Crippen molar-refractivity contribution in [1.82, 2.24) is 0 Å². The summed E-state index contributed by atoms with van der Waals surface area (Å²) in [7, 11) is 0. The van der Waals surface area contributed by atoms with Crippen molar-refractivity contribution in [2.45, 2.75) is 17.4 Å². The van der Waals surface area contributed by atoms with Gasteiger partial charge < -0.3 is 15.2 Å². The quantitative estimate of drug-likeness (QED) is 0.632. The molecule has 2 N–H and O–H groups in total. The Morgan fingerprint density at radius 2 is 2.40 bits per heavy atom. The van der Waals surface area contributed by atoms with Gasteiger partial charge in [-0.3, -0.25) is 0 Å². The van der Waals surface area contributed by atoms with Crippen molar-refractivity contribution in [1.29, 1.82) is 0 Å². The van der Waals surface area contributed by atoms with Gasteiger partial charge in [0.2, 0.25) is 0 Å². The van der Waals surface area contributed by atoms with Crippen LogP contribution in [0.3, 0.4) is 0 Å². The Kier molecular flexibility index (Phi) is 3.88. The number of nitrogen functional groups attached to an aromatic ring is 1. The van der Waals surface area contributed by atoms with Gasteiger partial charge in [0, 0.05) is 16.3 Å². The second-order valence-electron chi connectivity index (χ2n) is 3.49. The van der Waals surface area contributed by atoms with Gasteiger partial charge in [-0.25, -0.2) is 0 Å². The lowest BCUT2D eigenvalue weighted by molar-refractivity contribution is -0.130. The average Bonchev–Trinajstić information content (AvgIpc) is 2.28. The minimum atomic E-state index is 0.310. The Hall–Kier alpha value is -0.710. The van der Waals surface area contributed by atoms with Crippen LogP contribution in [0.5, 0.6) is 0 Å². The van der Waals surface area contributed by atoms with Crippen molar-refractivity contribution in [3.63, 3.8) is 0 Å². The molecule has 0 amide bonds. The van der Waals surface area contributed by atoms with E-state index in [1.165, 1.54) is 4.90 Å². The molecule has 1 saturated heterocycles. The molecule has 1 aliphatic heterocycles. The monoisotopic (exact) mass is 225 g/mol. The fourth-order valence-corrected chi connectivity index (χ4v) is 2.46. The lowest BCUT2D eigenvalue weighted by atomic mass is 10.3. The Balaban J connectivity index is 1.81. The summed E-state index contributed by atoms with van der Waals surface area (Å²) in [6.07, 6.45) is 1.29. The maximum atomic E-state index is 5.70. The number of anilines is 1. The molecule has 1 aromatic carbocycles. The molecule has 1 heterocycles. The Morgan fingerprint density at radius 1 is 1.47 bits per heavy atom. The second kappa shape index (κ2) is 5.39. The molecule has 0 bridgehead atoms. The van der Waals surface area contributed by atoms with Crippen LogP contribution in [0, 0.1) is 0 Å². The summed E-state index contributed by atoms with van der Waals surface area (Å²) in [5.41, 5.74) is 6.52. The molecule has 0 aromatic heterocycles. The second-order valence-corrected chi connectivity index (χ2v) is 4.58. The first-order chi connectivity index (χ1) is 7.34. The number of hydrogen-bond acceptors (Lipinski definition) is 4. The van der Waals surface area contributed by atoms with E-state index in [-0.39, 0.29) is 0 Å². The smallest absolute Gasteiger partial charge is 0.147 e. The highest BCUT2D eigenvalue weighted by Crippen LogP contribution is 2.23. The van der Waals surface area contributed by atoms with E-state index in [0.29, 0.717) is 12.9 Å². The van der Waals surface area contributed by atoms with Crippen LogP contribution in [0.2, 0.25) is 0 Å². The lowest BCUT2D eigenvalue weighted by Crippen LogP contribution is -2.25. The zero-order chi connectivity index (χ0) is 10.5. The fraction of sp³-hybridized carbons (Fsp3) is 0.455. The molecule has 0 aliphatic carbocycles. The third kappa shape index (κ3) is 3.41. The van der Waals surface area contributed by atoms with Crippen molar-refractivity contribution >= 4 is 17.4 Å². The summed E-state index contributed by atoms with van der Waals surface area (Å²) >= 11 is 1.78. The van der Waals surface area contributed by atoms with Gasteiger partial charge in [-0.05, 0) is 24.6 Å². The Morgan fingerprint density at radius 3 is 3.13 bits per heavy atom. The summed E-state index contributed by atoms with van der Waals surface area (Å²) in [5.74, 6) is 0.965. The van der Waals surface area contributed by atoms with Crippen molar-refractivity contribution < 1.29 is 9.47 Å². The summed E-state index contributed by atoms with van der Waals surface area (Å²) in [4.78, 5) is 1.20. The molecule has 1 unspecified atom stereocenters. The molecule has 4 heteroatoms. The topological polar surface area (TPSA) is 44.5 Å². The molecule has 82 valence electrons. The fourth-order valence-electron chi connectivity index (χ4n) is 1.43. The summed E-state index contributed by atoms with van der Waals surface area (Å²) in [5, 5.41) is 0. The molecule has 1 fully saturated rings. The minimum absolute atomic E-state index is 0.310. The van der Waals surface area contributed by atoms with Crippen LogP contribution in [-0.4, -0.2) is 25.3 Å². The van der Waals surface area contributed by atoms with E-state index in [0.717, 1.165) is 24.5 Å². The predicted molar refractivity (Wildman–Crippen MR) is 61.9 cm³/mol. The Bertz CT molecular complexity index is 313. The van der Waals surface area contributed by atoms with Crippen LogP contribution >= 0.6 is 11.8 Å². The number of ether oxygens (including phenoxy) is 2. The lowest BCUT2D eigenvalue weighted by Gasteiger charge is -2.22. The molecule has 1 atom stereocenters. The zero-order valence-corrected chi connectivity index (χ0v) is 9.33. The molecule has 0 spiro atoms. The SMILES string of the molecule is Nc1cccc(SCC2CCOCO2)c1. The van der Waals surface area contributed by atoms with Gasteiger partial charge in [0.15, 0.2) is 0 Å². The van der Waals surface area contributed by atoms with E-state index in [1.54, 1.807) is 11.8 Å². The third-order valence-electron chi connectivity index (χ3n) is 2.27.